The molecule has 0 fully saturated rings. The maximum atomic E-state index is 13.3. The highest BCUT2D eigenvalue weighted by Crippen LogP contribution is 2.29. The van der Waals surface area contributed by atoms with Gasteiger partial charge in [-0.3, -0.25) is 9.59 Å². The molecule has 7 nitrogen and oxygen atoms in total. The SMILES string of the molecule is COc1ccccc1CCC(=O)NCC(C(=O)COc1ccccc1Cl)C(N)c1c[nH]c2ccccc12. The van der Waals surface area contributed by atoms with Crippen LogP contribution >= 0.6 is 11.6 Å². The Hall–Kier alpha value is -3.81. The summed E-state index contributed by atoms with van der Waals surface area (Å²) in [6, 6.07) is 21.6. The van der Waals surface area contributed by atoms with Crippen molar-refractivity contribution >= 4 is 34.2 Å². The highest BCUT2D eigenvalue weighted by molar-refractivity contribution is 6.32. The fraction of sp³-hybridized carbons (Fsp3) is 0.241. The smallest absolute Gasteiger partial charge is 0.220 e. The van der Waals surface area contributed by atoms with Gasteiger partial charge in [0.25, 0.3) is 0 Å². The van der Waals surface area contributed by atoms with Gasteiger partial charge in [-0.15, -0.1) is 0 Å². The quantitative estimate of drug-likeness (QED) is 0.248. The lowest BCUT2D eigenvalue weighted by Crippen LogP contribution is -2.40. The van der Waals surface area contributed by atoms with E-state index in [0.29, 0.717) is 17.2 Å². The highest BCUT2D eigenvalue weighted by atomic mass is 35.5. The van der Waals surface area contributed by atoms with Crippen molar-refractivity contribution in [2.24, 2.45) is 11.7 Å². The van der Waals surface area contributed by atoms with E-state index in [2.05, 4.69) is 10.3 Å². The third-order valence-electron chi connectivity index (χ3n) is 6.37. The minimum Gasteiger partial charge on any atom is -0.496 e. The van der Waals surface area contributed by atoms with Gasteiger partial charge in [-0.1, -0.05) is 60.1 Å². The van der Waals surface area contributed by atoms with Crippen LogP contribution in [0, 0.1) is 5.92 Å². The minimum atomic E-state index is -0.711. The number of aryl methyl sites for hydroxylation is 1. The Bertz CT molecular complexity index is 1370. The zero-order valence-electron chi connectivity index (χ0n) is 20.6. The van der Waals surface area contributed by atoms with E-state index in [1.54, 1.807) is 31.4 Å². The number of fused-ring (bicyclic) bond motifs is 1. The predicted octanol–water partition coefficient (Wildman–Crippen LogP) is 4.84. The summed E-state index contributed by atoms with van der Waals surface area (Å²) in [5.41, 5.74) is 9.31. The van der Waals surface area contributed by atoms with Crippen LogP contribution in [0.25, 0.3) is 10.9 Å². The Kier molecular flexibility index (Phi) is 8.82. The van der Waals surface area contributed by atoms with Crippen LogP contribution in [0.2, 0.25) is 5.02 Å². The molecule has 4 N–H and O–H groups in total. The average molecular weight is 520 g/mol. The molecule has 192 valence electrons. The Morgan fingerprint density at radius 1 is 1.00 bits per heavy atom. The topological polar surface area (TPSA) is 106 Å². The molecular weight excluding hydrogens is 490 g/mol. The minimum absolute atomic E-state index is 0.0795. The Morgan fingerprint density at radius 3 is 2.49 bits per heavy atom. The van der Waals surface area contributed by atoms with E-state index < -0.39 is 12.0 Å². The molecule has 0 aliphatic carbocycles. The Labute approximate surface area is 220 Å². The number of aromatic nitrogens is 1. The lowest BCUT2D eigenvalue weighted by atomic mass is 9.90. The summed E-state index contributed by atoms with van der Waals surface area (Å²) in [5, 5.41) is 4.25. The number of nitrogens with one attached hydrogen (secondary N) is 2. The second-order valence-corrected chi connectivity index (χ2v) is 9.13. The van der Waals surface area contributed by atoms with Gasteiger partial charge in [-0.25, -0.2) is 0 Å². The first kappa shape index (κ1) is 26.3. The van der Waals surface area contributed by atoms with Crippen LogP contribution in [0.1, 0.15) is 23.6 Å². The van der Waals surface area contributed by atoms with Gasteiger partial charge in [0.05, 0.1) is 18.1 Å². The van der Waals surface area contributed by atoms with Gasteiger partial charge in [0.1, 0.15) is 18.1 Å². The van der Waals surface area contributed by atoms with Crippen LogP contribution < -0.4 is 20.5 Å². The van der Waals surface area contributed by atoms with Crippen molar-refractivity contribution in [3.63, 3.8) is 0 Å². The molecule has 1 amide bonds. The van der Waals surface area contributed by atoms with Gasteiger partial charge in [0.2, 0.25) is 5.91 Å². The van der Waals surface area contributed by atoms with Gasteiger partial charge in [0, 0.05) is 36.1 Å². The molecule has 4 rings (SSSR count). The fourth-order valence-corrected chi connectivity index (χ4v) is 4.51. The zero-order chi connectivity index (χ0) is 26.2. The lowest BCUT2D eigenvalue weighted by molar-refractivity contribution is -0.126. The molecule has 1 aromatic heterocycles. The second kappa shape index (κ2) is 12.4. The van der Waals surface area contributed by atoms with Gasteiger partial charge in [-0.2, -0.15) is 0 Å². The van der Waals surface area contributed by atoms with Crippen molar-refractivity contribution in [1.82, 2.24) is 10.3 Å². The first-order valence-corrected chi connectivity index (χ1v) is 12.5. The van der Waals surface area contributed by atoms with Crippen LogP contribution in [-0.2, 0) is 16.0 Å². The van der Waals surface area contributed by atoms with Crippen LogP contribution in [0.5, 0.6) is 11.5 Å². The molecule has 0 saturated heterocycles. The summed E-state index contributed by atoms with van der Waals surface area (Å²) in [5.74, 6) is 0.0284. The number of ketones is 1. The van der Waals surface area contributed by atoms with Crippen molar-refractivity contribution in [3.8, 4) is 11.5 Å². The fourth-order valence-electron chi connectivity index (χ4n) is 4.32. The standard InChI is InChI=1S/C29H30ClN3O4/c1-36-26-12-6-2-8-19(26)14-15-28(35)33-17-22(25(34)18-37-27-13-7-4-10-23(27)30)29(31)21-16-32-24-11-5-3-9-20(21)24/h2-13,16,22,29,32H,14-15,17-18,31H2,1H3,(H,33,35). The molecule has 3 aromatic carbocycles. The van der Waals surface area contributed by atoms with Crippen LogP contribution in [-0.4, -0.2) is 36.9 Å². The molecule has 1 heterocycles. The molecule has 0 spiro atoms. The molecule has 0 aliphatic heterocycles. The van der Waals surface area contributed by atoms with Gasteiger partial charge in [0.15, 0.2) is 5.78 Å². The number of amides is 1. The molecule has 0 aliphatic rings. The number of para-hydroxylation sites is 3. The number of benzene rings is 3. The Morgan fingerprint density at radius 2 is 1.70 bits per heavy atom. The summed E-state index contributed by atoms with van der Waals surface area (Å²) in [6.07, 6.45) is 2.58. The molecule has 0 bridgehead atoms. The van der Waals surface area contributed by atoms with Crippen molar-refractivity contribution in [2.75, 3.05) is 20.3 Å². The number of methoxy groups -OCH3 is 1. The lowest BCUT2D eigenvalue weighted by Gasteiger charge is -2.23. The van der Waals surface area contributed by atoms with Crippen molar-refractivity contribution < 1.29 is 19.1 Å². The maximum Gasteiger partial charge on any atom is 0.220 e. The highest BCUT2D eigenvalue weighted by Gasteiger charge is 2.29. The molecule has 37 heavy (non-hydrogen) atoms. The number of halogens is 1. The summed E-state index contributed by atoms with van der Waals surface area (Å²) in [4.78, 5) is 29.3. The zero-order valence-corrected chi connectivity index (χ0v) is 21.3. The Balaban J connectivity index is 1.46. The van der Waals surface area contributed by atoms with Gasteiger partial charge < -0.3 is 25.5 Å². The molecule has 4 aromatic rings. The number of carbonyl (C=O) groups is 2. The predicted molar refractivity (Wildman–Crippen MR) is 145 cm³/mol. The number of H-pyrrole nitrogens is 1. The van der Waals surface area contributed by atoms with Gasteiger partial charge in [-0.05, 0) is 41.8 Å². The summed E-state index contributed by atoms with van der Waals surface area (Å²) in [6.45, 7) is -0.141. The first-order chi connectivity index (χ1) is 18.0. The van der Waals surface area contributed by atoms with Crippen molar-refractivity contribution in [2.45, 2.75) is 18.9 Å². The van der Waals surface area contributed by atoms with E-state index in [1.165, 1.54) is 0 Å². The number of nitrogens with two attached hydrogens (primary N) is 1. The molecule has 8 heteroatoms. The van der Waals surface area contributed by atoms with E-state index in [-0.39, 0.29) is 31.3 Å². The van der Waals surface area contributed by atoms with Crippen LogP contribution in [0.3, 0.4) is 0 Å². The molecule has 0 saturated carbocycles. The van der Waals surface area contributed by atoms with Crippen LogP contribution in [0.15, 0.2) is 79.0 Å². The van der Waals surface area contributed by atoms with Crippen molar-refractivity contribution in [3.05, 3.63) is 95.1 Å². The monoisotopic (exact) mass is 519 g/mol. The third-order valence-corrected chi connectivity index (χ3v) is 6.68. The summed E-state index contributed by atoms with van der Waals surface area (Å²) >= 11 is 6.17. The van der Waals surface area contributed by atoms with Crippen LogP contribution in [0.4, 0.5) is 0 Å². The number of rotatable bonds is 12. The van der Waals surface area contributed by atoms with Crippen molar-refractivity contribution in [1.29, 1.82) is 0 Å². The normalized spacial score (nSPS) is 12.6. The molecular formula is C29H30ClN3O4. The van der Waals surface area contributed by atoms with E-state index >= 15 is 0 Å². The van der Waals surface area contributed by atoms with E-state index in [9.17, 15) is 9.59 Å². The number of hydrogen-bond acceptors (Lipinski definition) is 5. The molecule has 2 unspecified atom stereocenters. The number of carbonyl (C=O) groups excluding carboxylic acids is 2. The average Bonchev–Trinajstić information content (AvgIpc) is 3.36. The number of hydrogen-bond donors (Lipinski definition) is 3. The summed E-state index contributed by atoms with van der Waals surface area (Å²) < 4.78 is 11.1. The second-order valence-electron chi connectivity index (χ2n) is 8.72. The summed E-state index contributed by atoms with van der Waals surface area (Å²) in [7, 11) is 1.60. The van der Waals surface area contributed by atoms with E-state index in [0.717, 1.165) is 27.8 Å². The number of ether oxygens (including phenoxy) is 2. The maximum absolute atomic E-state index is 13.3. The molecule has 0 radical (unpaired) electrons. The number of Topliss-reactive ketones (excluding diaryl/α,β-unsaturated/α-hetero) is 1. The first-order valence-electron chi connectivity index (χ1n) is 12.1. The third kappa shape index (κ3) is 6.50. The van der Waals surface area contributed by atoms with Gasteiger partial charge >= 0.3 is 0 Å². The van der Waals surface area contributed by atoms with E-state index in [4.69, 9.17) is 26.8 Å². The number of aromatic amines is 1. The largest absolute Gasteiger partial charge is 0.496 e. The molecule has 2 atom stereocenters. The van der Waals surface area contributed by atoms with E-state index in [1.807, 2.05) is 54.7 Å².